The van der Waals surface area contributed by atoms with Crippen LogP contribution in [0.2, 0.25) is 0 Å². The minimum atomic E-state index is -4.76. The van der Waals surface area contributed by atoms with Crippen molar-refractivity contribution in [3.8, 4) is 34.3 Å². The van der Waals surface area contributed by atoms with Crippen molar-refractivity contribution in [2.24, 2.45) is 0 Å². The van der Waals surface area contributed by atoms with Gasteiger partial charge in [-0.2, -0.15) is 26.3 Å². The molecule has 1 aliphatic heterocycles. The Kier molecular flexibility index (Phi) is 7.63. The fourth-order valence-electron chi connectivity index (χ4n) is 4.48. The lowest BCUT2D eigenvalue weighted by Crippen LogP contribution is -2.40. The van der Waals surface area contributed by atoms with Gasteiger partial charge in [-0.1, -0.05) is 0 Å². The molecule has 2 atom stereocenters. The number of aliphatic hydroxyl groups is 1. The number of β-amino-alcohol motifs (C(OH)–C–C–N with tert-alkyl or cyclic N) is 1. The zero-order chi connectivity index (χ0) is 28.7. The molecule has 0 bridgehead atoms. The molecule has 0 radical (unpaired) electrons. The van der Waals surface area contributed by atoms with Crippen LogP contribution in [0, 0.1) is 0 Å². The number of benzene rings is 2. The van der Waals surface area contributed by atoms with E-state index in [9.17, 15) is 46.5 Å². The topological polar surface area (TPSA) is 113 Å². The maximum atomic E-state index is 13.1. The summed E-state index contributed by atoms with van der Waals surface area (Å²) in [5.41, 5.74) is -1.57. The summed E-state index contributed by atoms with van der Waals surface area (Å²) in [4.78, 5) is 14.9. The van der Waals surface area contributed by atoms with E-state index in [0.29, 0.717) is 13.0 Å². The number of aliphatic hydroxyl groups excluding tert-OH is 1. The number of alkyl halides is 6. The Morgan fingerprint density at radius 1 is 1.00 bits per heavy atom. The summed E-state index contributed by atoms with van der Waals surface area (Å²) in [6.07, 6.45) is -10.2. The predicted octanol–water partition coefficient (Wildman–Crippen LogP) is 4.53. The molecule has 0 amide bonds. The molecule has 14 heteroatoms. The molecule has 1 aliphatic rings. The van der Waals surface area contributed by atoms with Crippen LogP contribution in [0.3, 0.4) is 0 Å². The van der Waals surface area contributed by atoms with Crippen molar-refractivity contribution in [1.82, 2.24) is 4.90 Å². The van der Waals surface area contributed by atoms with Gasteiger partial charge >= 0.3 is 12.4 Å². The number of likely N-dealkylation sites (tertiary alicyclic amines) is 1. The summed E-state index contributed by atoms with van der Waals surface area (Å²) < 4.78 is 91.9. The summed E-state index contributed by atoms with van der Waals surface area (Å²) in [5, 5.41) is 31.4. The quantitative estimate of drug-likeness (QED) is 0.375. The lowest BCUT2D eigenvalue weighted by Gasteiger charge is -2.34. The summed E-state index contributed by atoms with van der Waals surface area (Å²) in [6, 6.07) is 4.53. The zero-order valence-electron chi connectivity index (χ0n) is 20.3. The number of fused-ring (bicyclic) bond motifs is 1. The van der Waals surface area contributed by atoms with Crippen LogP contribution in [0.4, 0.5) is 26.3 Å². The van der Waals surface area contributed by atoms with Gasteiger partial charge in [0.15, 0.2) is 18.6 Å². The van der Waals surface area contributed by atoms with E-state index in [-0.39, 0.29) is 28.6 Å². The molecule has 2 heterocycles. The third-order valence-corrected chi connectivity index (χ3v) is 6.16. The van der Waals surface area contributed by atoms with Crippen molar-refractivity contribution < 1.29 is 55.6 Å². The first-order valence-electron chi connectivity index (χ1n) is 11.6. The molecule has 1 saturated heterocycles. The molecule has 1 fully saturated rings. The highest BCUT2D eigenvalue weighted by Gasteiger charge is 2.34. The molecule has 2 aromatic carbocycles. The van der Waals surface area contributed by atoms with Crippen LogP contribution >= 0.6 is 0 Å². The third-order valence-electron chi connectivity index (χ3n) is 6.16. The molecule has 3 aromatic rings. The number of piperidine rings is 1. The molecular formula is C25H23F6NO7. The molecule has 0 aliphatic carbocycles. The van der Waals surface area contributed by atoms with Gasteiger partial charge in [-0.3, -0.25) is 4.79 Å². The average Bonchev–Trinajstić information content (AvgIpc) is 2.81. The van der Waals surface area contributed by atoms with E-state index >= 15 is 0 Å². The van der Waals surface area contributed by atoms with E-state index in [1.165, 1.54) is 0 Å². The first-order chi connectivity index (χ1) is 18.1. The standard InChI is InChI=1S/C25H23F6NO7/c1-32-5-4-13(18(36)9-32)21-15(33)7-16(34)22-17(35)8-20(39-23(21)22)14-6-12(37-10-24(26,27)28)2-3-19(14)38-11-25(29,30)31/h2-3,6-8,13,18,33-34,36H,4-5,9-11H2,1H3/t13-,18+/m0/s1. The summed E-state index contributed by atoms with van der Waals surface area (Å²) in [5.74, 6) is -3.22. The SMILES string of the molecule is CN1CC[C@H](c2c(O)cc(O)c3c(=O)cc(-c4cc(OCC(F)(F)F)ccc4OCC(F)(F)F)oc23)[C@H](O)C1. The van der Waals surface area contributed by atoms with Gasteiger partial charge in [0.25, 0.3) is 0 Å². The Labute approximate surface area is 216 Å². The van der Waals surface area contributed by atoms with Crippen molar-refractivity contribution in [3.63, 3.8) is 0 Å². The maximum Gasteiger partial charge on any atom is 0.422 e. The fraction of sp³-hybridized carbons (Fsp3) is 0.400. The van der Waals surface area contributed by atoms with Crippen LogP contribution in [0.25, 0.3) is 22.3 Å². The van der Waals surface area contributed by atoms with Crippen molar-refractivity contribution >= 4 is 11.0 Å². The number of ether oxygens (including phenoxy) is 2. The van der Waals surface area contributed by atoms with Gasteiger partial charge in [0.05, 0.1) is 11.7 Å². The van der Waals surface area contributed by atoms with Crippen LogP contribution in [-0.4, -0.2) is 72.0 Å². The number of aromatic hydroxyl groups is 2. The number of likely N-dealkylation sites (N-methyl/N-ethyl adjacent to an activating group) is 1. The number of nitrogens with zero attached hydrogens (tertiary/aromatic N) is 1. The van der Waals surface area contributed by atoms with Crippen molar-refractivity contribution in [1.29, 1.82) is 0 Å². The lowest BCUT2D eigenvalue weighted by atomic mass is 9.85. The van der Waals surface area contributed by atoms with Gasteiger partial charge in [-0.25, -0.2) is 0 Å². The maximum absolute atomic E-state index is 13.1. The minimum absolute atomic E-state index is 0.00964. The van der Waals surface area contributed by atoms with Gasteiger partial charge in [-0.05, 0) is 38.2 Å². The third kappa shape index (κ3) is 6.50. The van der Waals surface area contributed by atoms with E-state index in [1.807, 2.05) is 4.90 Å². The summed E-state index contributed by atoms with van der Waals surface area (Å²) in [6.45, 7) is -2.74. The number of hydrogen-bond donors (Lipinski definition) is 3. The second-order valence-corrected chi connectivity index (χ2v) is 9.20. The largest absolute Gasteiger partial charge is 0.507 e. The average molecular weight is 563 g/mol. The monoisotopic (exact) mass is 563 g/mol. The number of rotatable bonds is 6. The van der Waals surface area contributed by atoms with Gasteiger partial charge in [0.2, 0.25) is 0 Å². The minimum Gasteiger partial charge on any atom is -0.507 e. The molecular weight excluding hydrogens is 540 g/mol. The number of halogens is 6. The molecule has 0 spiro atoms. The molecule has 0 saturated carbocycles. The van der Waals surface area contributed by atoms with E-state index in [4.69, 9.17) is 13.9 Å². The number of phenols is 2. The van der Waals surface area contributed by atoms with Crippen LogP contribution in [0.5, 0.6) is 23.0 Å². The second kappa shape index (κ2) is 10.5. The van der Waals surface area contributed by atoms with Gasteiger partial charge in [-0.15, -0.1) is 0 Å². The molecule has 8 nitrogen and oxygen atoms in total. The second-order valence-electron chi connectivity index (χ2n) is 9.20. The van der Waals surface area contributed by atoms with Crippen LogP contribution < -0.4 is 14.9 Å². The van der Waals surface area contributed by atoms with E-state index in [0.717, 1.165) is 30.3 Å². The highest BCUT2D eigenvalue weighted by molar-refractivity contribution is 5.90. The van der Waals surface area contributed by atoms with Gasteiger partial charge in [0.1, 0.15) is 39.7 Å². The number of hydrogen-bond acceptors (Lipinski definition) is 8. The summed E-state index contributed by atoms with van der Waals surface area (Å²) in [7, 11) is 1.77. The van der Waals surface area contributed by atoms with Crippen molar-refractivity contribution in [3.05, 3.63) is 46.1 Å². The predicted molar refractivity (Wildman–Crippen MR) is 125 cm³/mol. The van der Waals surface area contributed by atoms with Gasteiger partial charge in [0, 0.05) is 30.2 Å². The molecule has 212 valence electrons. The van der Waals surface area contributed by atoms with Crippen LogP contribution in [0.15, 0.2) is 39.5 Å². The molecule has 0 unspecified atom stereocenters. The van der Waals surface area contributed by atoms with E-state index in [1.54, 1.807) is 7.05 Å². The molecule has 39 heavy (non-hydrogen) atoms. The highest BCUT2D eigenvalue weighted by Crippen LogP contribution is 2.44. The Morgan fingerprint density at radius 3 is 2.31 bits per heavy atom. The smallest absolute Gasteiger partial charge is 0.422 e. The normalized spacial score (nSPS) is 18.9. The van der Waals surface area contributed by atoms with Crippen LogP contribution in [-0.2, 0) is 0 Å². The van der Waals surface area contributed by atoms with Gasteiger partial charge < -0.3 is 34.1 Å². The number of phenolic OH excluding ortho intramolecular Hbond substituents is 2. The van der Waals surface area contributed by atoms with E-state index in [2.05, 4.69) is 0 Å². The highest BCUT2D eigenvalue weighted by atomic mass is 19.4. The first-order valence-corrected chi connectivity index (χ1v) is 11.6. The van der Waals surface area contributed by atoms with Crippen molar-refractivity contribution in [2.45, 2.75) is 30.8 Å². The molecule has 1 aromatic heterocycles. The Bertz CT molecular complexity index is 1420. The summed E-state index contributed by atoms with van der Waals surface area (Å²) >= 11 is 0. The van der Waals surface area contributed by atoms with Crippen molar-refractivity contribution in [2.75, 3.05) is 33.4 Å². The molecule has 3 N–H and O–H groups in total. The molecule has 4 rings (SSSR count). The van der Waals surface area contributed by atoms with Crippen LogP contribution in [0.1, 0.15) is 17.9 Å². The fourth-order valence-corrected chi connectivity index (χ4v) is 4.48. The lowest BCUT2D eigenvalue weighted by molar-refractivity contribution is -0.154. The first kappa shape index (κ1) is 28.4. The Hall–Kier alpha value is -3.65. The Balaban J connectivity index is 1.90. The zero-order valence-corrected chi connectivity index (χ0v) is 20.3. The Morgan fingerprint density at radius 2 is 1.67 bits per heavy atom. The van der Waals surface area contributed by atoms with E-state index < -0.39 is 71.8 Å².